The van der Waals surface area contributed by atoms with Crippen LogP contribution in [0.3, 0.4) is 0 Å². The molecule has 0 bridgehead atoms. The molecule has 156 valence electrons. The van der Waals surface area contributed by atoms with Crippen LogP contribution >= 0.6 is 0 Å². The van der Waals surface area contributed by atoms with Gasteiger partial charge in [0.1, 0.15) is 12.4 Å². The van der Waals surface area contributed by atoms with Crippen LogP contribution in [0.4, 0.5) is 11.8 Å². The zero-order valence-corrected chi connectivity index (χ0v) is 17.4. The standard InChI is InChI=1S/C21H25N7O2/c1-15-12-18(25(2)3)24-21(23-15)27-10-8-26(9-11-27)19(29)13-28-14-22-17-7-5-4-6-16(17)20(28)30/h4-7,12,14H,8-11,13H2,1-3H3. The topological polar surface area (TPSA) is 87.5 Å². The molecular weight excluding hydrogens is 382 g/mol. The van der Waals surface area contributed by atoms with E-state index < -0.39 is 0 Å². The van der Waals surface area contributed by atoms with E-state index >= 15 is 0 Å². The highest BCUT2D eigenvalue weighted by Gasteiger charge is 2.23. The van der Waals surface area contributed by atoms with Crippen LogP contribution in [0.5, 0.6) is 0 Å². The van der Waals surface area contributed by atoms with Gasteiger partial charge >= 0.3 is 0 Å². The van der Waals surface area contributed by atoms with Crippen molar-refractivity contribution in [3.05, 3.63) is 52.7 Å². The van der Waals surface area contributed by atoms with Gasteiger partial charge in [-0.15, -0.1) is 0 Å². The second kappa shape index (κ2) is 8.10. The fourth-order valence-corrected chi connectivity index (χ4v) is 3.53. The minimum absolute atomic E-state index is 0.0115. The van der Waals surface area contributed by atoms with Crippen molar-refractivity contribution in [1.82, 2.24) is 24.4 Å². The van der Waals surface area contributed by atoms with Crippen molar-refractivity contribution >= 4 is 28.6 Å². The van der Waals surface area contributed by atoms with Crippen molar-refractivity contribution in [3.63, 3.8) is 0 Å². The number of hydrogen-bond donors (Lipinski definition) is 0. The van der Waals surface area contributed by atoms with E-state index in [4.69, 9.17) is 0 Å². The Labute approximate surface area is 174 Å². The lowest BCUT2D eigenvalue weighted by Crippen LogP contribution is -2.50. The second-order valence-electron chi connectivity index (χ2n) is 7.62. The Morgan fingerprint density at radius 3 is 2.57 bits per heavy atom. The van der Waals surface area contributed by atoms with Gasteiger partial charge < -0.3 is 14.7 Å². The van der Waals surface area contributed by atoms with Gasteiger partial charge in [0.25, 0.3) is 5.56 Å². The predicted octanol–water partition coefficient (Wildman–Crippen LogP) is 0.910. The maximum atomic E-state index is 12.8. The SMILES string of the molecule is Cc1cc(N(C)C)nc(N2CCN(C(=O)Cn3cnc4ccccc4c3=O)CC2)n1. The van der Waals surface area contributed by atoms with Gasteiger partial charge in [-0.25, -0.2) is 9.97 Å². The van der Waals surface area contributed by atoms with Crippen molar-refractivity contribution in [2.45, 2.75) is 13.5 Å². The first-order valence-electron chi connectivity index (χ1n) is 9.92. The van der Waals surface area contributed by atoms with Crippen molar-refractivity contribution in [1.29, 1.82) is 0 Å². The summed E-state index contributed by atoms with van der Waals surface area (Å²) in [6, 6.07) is 9.10. The fraction of sp³-hybridized carbons (Fsp3) is 0.381. The molecule has 0 radical (unpaired) electrons. The Morgan fingerprint density at radius 1 is 1.10 bits per heavy atom. The minimum Gasteiger partial charge on any atom is -0.363 e. The maximum Gasteiger partial charge on any atom is 0.261 e. The lowest BCUT2D eigenvalue weighted by atomic mass is 10.2. The summed E-state index contributed by atoms with van der Waals surface area (Å²) in [7, 11) is 3.90. The molecule has 1 saturated heterocycles. The van der Waals surface area contributed by atoms with Gasteiger partial charge in [-0.05, 0) is 19.1 Å². The number of benzene rings is 1. The van der Waals surface area contributed by atoms with Crippen molar-refractivity contribution in [2.75, 3.05) is 50.1 Å². The number of fused-ring (bicyclic) bond motifs is 1. The third kappa shape index (κ3) is 3.96. The van der Waals surface area contributed by atoms with E-state index in [1.807, 2.05) is 38.1 Å². The van der Waals surface area contributed by atoms with Gasteiger partial charge in [-0.3, -0.25) is 14.2 Å². The highest BCUT2D eigenvalue weighted by Crippen LogP contribution is 2.17. The summed E-state index contributed by atoms with van der Waals surface area (Å²) in [4.78, 5) is 44.7. The van der Waals surface area contributed by atoms with Crippen LogP contribution in [-0.2, 0) is 11.3 Å². The molecule has 1 aliphatic heterocycles. The van der Waals surface area contributed by atoms with Crippen LogP contribution < -0.4 is 15.4 Å². The third-order valence-electron chi connectivity index (χ3n) is 5.24. The molecule has 0 unspecified atom stereocenters. The van der Waals surface area contributed by atoms with Gasteiger partial charge in [-0.1, -0.05) is 12.1 Å². The average Bonchev–Trinajstić information content (AvgIpc) is 2.75. The fourth-order valence-electron chi connectivity index (χ4n) is 3.53. The Bertz CT molecular complexity index is 1130. The number of anilines is 2. The number of carbonyl (C=O) groups excluding carboxylic acids is 1. The van der Waals surface area contributed by atoms with Gasteiger partial charge in [0, 0.05) is 52.0 Å². The number of amides is 1. The van der Waals surface area contributed by atoms with E-state index in [1.165, 1.54) is 10.9 Å². The van der Waals surface area contributed by atoms with E-state index in [2.05, 4.69) is 19.9 Å². The van der Waals surface area contributed by atoms with E-state index in [0.29, 0.717) is 43.0 Å². The van der Waals surface area contributed by atoms with Crippen LogP contribution in [-0.4, -0.2) is 70.6 Å². The third-order valence-corrected chi connectivity index (χ3v) is 5.24. The van der Waals surface area contributed by atoms with Crippen LogP contribution in [0.2, 0.25) is 0 Å². The highest BCUT2D eigenvalue weighted by atomic mass is 16.2. The predicted molar refractivity (Wildman–Crippen MR) is 116 cm³/mol. The summed E-state index contributed by atoms with van der Waals surface area (Å²) in [5.41, 5.74) is 1.34. The Kier molecular flexibility index (Phi) is 5.35. The van der Waals surface area contributed by atoms with E-state index in [-0.39, 0.29) is 18.0 Å². The molecule has 0 spiro atoms. The number of aryl methyl sites for hydroxylation is 1. The number of aromatic nitrogens is 4. The minimum atomic E-state index is -0.197. The van der Waals surface area contributed by atoms with Crippen LogP contribution in [0, 0.1) is 6.92 Å². The molecular formula is C21H25N7O2. The van der Waals surface area contributed by atoms with Crippen molar-refractivity contribution in [3.8, 4) is 0 Å². The molecule has 0 aliphatic carbocycles. The lowest BCUT2D eigenvalue weighted by Gasteiger charge is -2.35. The van der Waals surface area contributed by atoms with E-state index in [9.17, 15) is 9.59 Å². The number of rotatable bonds is 4. The van der Waals surface area contributed by atoms with Crippen molar-refractivity contribution < 1.29 is 4.79 Å². The first kappa shape index (κ1) is 19.8. The van der Waals surface area contributed by atoms with Gasteiger partial charge in [0.05, 0.1) is 17.2 Å². The molecule has 1 fully saturated rings. The molecule has 3 heterocycles. The molecule has 9 nitrogen and oxygen atoms in total. The Hall–Kier alpha value is -3.49. The first-order chi connectivity index (χ1) is 14.4. The molecule has 4 rings (SSSR count). The zero-order valence-electron chi connectivity index (χ0n) is 17.4. The molecule has 1 aliphatic rings. The molecule has 0 atom stereocenters. The van der Waals surface area contributed by atoms with Crippen LogP contribution in [0.25, 0.3) is 10.9 Å². The normalized spacial score (nSPS) is 14.2. The van der Waals surface area contributed by atoms with Crippen LogP contribution in [0.15, 0.2) is 41.5 Å². The molecule has 1 amide bonds. The molecule has 0 N–H and O–H groups in total. The van der Waals surface area contributed by atoms with Gasteiger partial charge in [0.15, 0.2) is 0 Å². The number of hydrogen-bond acceptors (Lipinski definition) is 7. The summed E-state index contributed by atoms with van der Waals surface area (Å²) < 4.78 is 1.38. The zero-order chi connectivity index (χ0) is 21.3. The highest BCUT2D eigenvalue weighted by molar-refractivity contribution is 5.79. The Morgan fingerprint density at radius 2 is 1.83 bits per heavy atom. The molecule has 9 heteroatoms. The van der Waals surface area contributed by atoms with Gasteiger partial charge in [0.2, 0.25) is 11.9 Å². The number of carbonyl (C=O) groups is 1. The smallest absolute Gasteiger partial charge is 0.261 e. The van der Waals surface area contributed by atoms with E-state index in [0.717, 1.165) is 11.5 Å². The molecule has 2 aromatic heterocycles. The molecule has 3 aromatic rings. The molecule has 1 aromatic carbocycles. The number of piperazine rings is 1. The maximum absolute atomic E-state index is 12.8. The monoisotopic (exact) mass is 407 g/mol. The number of nitrogens with zero attached hydrogens (tertiary/aromatic N) is 7. The average molecular weight is 407 g/mol. The largest absolute Gasteiger partial charge is 0.363 e. The van der Waals surface area contributed by atoms with Crippen LogP contribution in [0.1, 0.15) is 5.69 Å². The summed E-state index contributed by atoms with van der Waals surface area (Å²) >= 11 is 0. The summed E-state index contributed by atoms with van der Waals surface area (Å²) in [5.74, 6) is 1.45. The summed E-state index contributed by atoms with van der Waals surface area (Å²) in [6.45, 7) is 4.35. The van der Waals surface area contributed by atoms with Crippen molar-refractivity contribution in [2.24, 2.45) is 0 Å². The first-order valence-corrected chi connectivity index (χ1v) is 9.92. The summed E-state index contributed by atoms with van der Waals surface area (Å²) in [5, 5.41) is 0.519. The number of para-hydroxylation sites is 1. The lowest BCUT2D eigenvalue weighted by molar-refractivity contribution is -0.132. The van der Waals surface area contributed by atoms with E-state index in [1.54, 1.807) is 23.1 Å². The molecule has 30 heavy (non-hydrogen) atoms. The second-order valence-corrected chi connectivity index (χ2v) is 7.62. The summed E-state index contributed by atoms with van der Waals surface area (Å²) in [6.07, 6.45) is 1.45. The Balaban J connectivity index is 1.43. The quantitative estimate of drug-likeness (QED) is 0.635. The molecule has 0 saturated carbocycles. The van der Waals surface area contributed by atoms with Gasteiger partial charge in [-0.2, -0.15) is 4.98 Å².